The van der Waals surface area contributed by atoms with Crippen LogP contribution in [0.2, 0.25) is 0 Å². The van der Waals surface area contributed by atoms with Crippen LogP contribution in [-0.4, -0.2) is 16.9 Å². The quantitative estimate of drug-likeness (QED) is 0.359. The molecule has 0 saturated carbocycles. The van der Waals surface area contributed by atoms with Crippen molar-refractivity contribution in [1.82, 2.24) is 4.98 Å². The first kappa shape index (κ1) is 17.0. The number of benzene rings is 3. The van der Waals surface area contributed by atoms with E-state index in [9.17, 15) is 0 Å². The highest BCUT2D eigenvalue weighted by Crippen LogP contribution is 2.21. The zero-order chi connectivity index (χ0) is 18.5. The minimum Gasteiger partial charge on any atom is -0.360 e. The van der Waals surface area contributed by atoms with Gasteiger partial charge in [0.15, 0.2) is 0 Å². The number of fused-ring (bicyclic) bond motifs is 1. The van der Waals surface area contributed by atoms with E-state index in [2.05, 4.69) is 64.6 Å². The van der Waals surface area contributed by atoms with Crippen LogP contribution in [0.3, 0.4) is 0 Å². The molecular formula is C24H21N3. The molecule has 0 bridgehead atoms. The van der Waals surface area contributed by atoms with E-state index in [0.29, 0.717) is 0 Å². The number of nitrogens with zero attached hydrogens (tertiary/aromatic N) is 2. The predicted octanol–water partition coefficient (Wildman–Crippen LogP) is 5.60. The van der Waals surface area contributed by atoms with Crippen LogP contribution in [0.1, 0.15) is 29.2 Å². The number of H-pyrrole nitrogens is 1. The molecule has 0 aliphatic heterocycles. The molecule has 1 N–H and O–H groups in total. The van der Waals surface area contributed by atoms with Gasteiger partial charge in [-0.05, 0) is 12.0 Å². The Balaban J connectivity index is 1.72. The fraction of sp³-hybridized carbons (Fsp3) is 0.0833. The van der Waals surface area contributed by atoms with Gasteiger partial charge in [-0.25, -0.2) is 0 Å². The first-order valence-corrected chi connectivity index (χ1v) is 9.17. The fourth-order valence-corrected chi connectivity index (χ4v) is 3.26. The Labute approximate surface area is 159 Å². The smallest absolute Gasteiger partial charge is 0.100 e. The van der Waals surface area contributed by atoms with Gasteiger partial charge in [0, 0.05) is 33.8 Å². The largest absolute Gasteiger partial charge is 0.360 e. The summed E-state index contributed by atoms with van der Waals surface area (Å²) < 4.78 is 0. The van der Waals surface area contributed by atoms with Crippen molar-refractivity contribution in [2.75, 3.05) is 0 Å². The van der Waals surface area contributed by atoms with Gasteiger partial charge in [0.2, 0.25) is 0 Å². The van der Waals surface area contributed by atoms with Gasteiger partial charge in [-0.2, -0.15) is 5.10 Å². The predicted molar refractivity (Wildman–Crippen MR) is 114 cm³/mol. The highest BCUT2D eigenvalue weighted by Gasteiger charge is 2.07. The molecule has 0 amide bonds. The van der Waals surface area contributed by atoms with E-state index in [1.165, 1.54) is 16.5 Å². The normalized spacial score (nSPS) is 11.1. The number of nitrogens with one attached hydrogen (secondary N) is 1. The number of hydrogen-bond acceptors (Lipinski definition) is 2. The van der Waals surface area contributed by atoms with Crippen molar-refractivity contribution < 1.29 is 0 Å². The monoisotopic (exact) mass is 351 g/mol. The lowest BCUT2D eigenvalue weighted by atomic mass is 10.0. The Morgan fingerprint density at radius 2 is 1.52 bits per heavy atom. The van der Waals surface area contributed by atoms with Crippen molar-refractivity contribution in [3.05, 3.63) is 107 Å². The molecule has 4 rings (SSSR count). The molecule has 0 saturated heterocycles. The number of hydrogen-bond donors (Lipinski definition) is 1. The number of aromatic nitrogens is 1. The molecule has 4 aromatic rings. The maximum atomic E-state index is 4.56. The minimum atomic E-state index is 0.863. The van der Waals surface area contributed by atoms with Crippen molar-refractivity contribution in [3.8, 4) is 0 Å². The zero-order valence-corrected chi connectivity index (χ0v) is 15.3. The third-order valence-electron chi connectivity index (χ3n) is 4.66. The van der Waals surface area contributed by atoms with Crippen LogP contribution in [0.5, 0.6) is 0 Å². The molecule has 0 atom stereocenters. The van der Waals surface area contributed by atoms with Gasteiger partial charge < -0.3 is 4.98 Å². The summed E-state index contributed by atoms with van der Waals surface area (Å²) in [5, 5.41) is 10.2. The Kier molecular flexibility index (Phi) is 4.93. The highest BCUT2D eigenvalue weighted by atomic mass is 15.2. The van der Waals surface area contributed by atoms with Crippen LogP contribution in [-0.2, 0) is 6.42 Å². The first-order chi connectivity index (χ1) is 13.4. The lowest BCUT2D eigenvalue weighted by Crippen LogP contribution is -2.02. The second kappa shape index (κ2) is 7.83. The van der Waals surface area contributed by atoms with E-state index in [1.54, 1.807) is 0 Å². The summed E-state index contributed by atoms with van der Waals surface area (Å²) in [6.45, 7) is 2.17. The lowest BCUT2D eigenvalue weighted by molar-refractivity contribution is 1.15. The van der Waals surface area contributed by atoms with Gasteiger partial charge in [0.25, 0.3) is 0 Å². The summed E-state index contributed by atoms with van der Waals surface area (Å²) >= 11 is 0. The van der Waals surface area contributed by atoms with Crippen molar-refractivity contribution in [1.29, 1.82) is 0 Å². The zero-order valence-electron chi connectivity index (χ0n) is 15.3. The van der Waals surface area contributed by atoms with Crippen LogP contribution in [0.15, 0.2) is 95.3 Å². The molecule has 3 heteroatoms. The fourth-order valence-electron chi connectivity index (χ4n) is 3.26. The van der Waals surface area contributed by atoms with Crippen LogP contribution in [0, 0.1) is 0 Å². The number of rotatable bonds is 5. The van der Waals surface area contributed by atoms with E-state index < -0.39 is 0 Å². The molecule has 3 aromatic carbocycles. The molecule has 0 aliphatic rings. The van der Waals surface area contributed by atoms with E-state index in [0.717, 1.165) is 28.8 Å². The van der Waals surface area contributed by atoms with E-state index >= 15 is 0 Å². The molecule has 0 spiro atoms. The average molecular weight is 351 g/mol. The standard InChI is InChI=1S/C24H21N3/c1-2-18-14-9-15-22-21(16-25-24(18)22)17-26-27-23(19-10-5-3-6-11-19)20-12-7-4-8-13-20/h3-17,25H,2H2,1H3. The van der Waals surface area contributed by atoms with Crippen LogP contribution >= 0.6 is 0 Å². The Morgan fingerprint density at radius 1 is 0.852 bits per heavy atom. The second-order valence-electron chi connectivity index (χ2n) is 6.36. The molecule has 3 nitrogen and oxygen atoms in total. The number of aromatic amines is 1. The van der Waals surface area contributed by atoms with Gasteiger partial charge in [0.05, 0.1) is 6.21 Å². The first-order valence-electron chi connectivity index (χ1n) is 9.17. The third kappa shape index (κ3) is 3.58. The minimum absolute atomic E-state index is 0.863. The van der Waals surface area contributed by atoms with Crippen molar-refractivity contribution in [2.45, 2.75) is 13.3 Å². The summed E-state index contributed by atoms with van der Waals surface area (Å²) in [6.07, 6.45) is 4.82. The average Bonchev–Trinajstić information content (AvgIpc) is 3.16. The Morgan fingerprint density at radius 3 is 2.15 bits per heavy atom. The summed E-state index contributed by atoms with van der Waals surface area (Å²) in [6, 6.07) is 26.7. The van der Waals surface area contributed by atoms with Crippen LogP contribution < -0.4 is 0 Å². The maximum Gasteiger partial charge on any atom is 0.100 e. The summed E-state index contributed by atoms with van der Waals surface area (Å²) in [5.74, 6) is 0. The molecule has 1 heterocycles. The summed E-state index contributed by atoms with van der Waals surface area (Å²) in [4.78, 5) is 3.37. The van der Waals surface area contributed by atoms with Gasteiger partial charge >= 0.3 is 0 Å². The number of para-hydroxylation sites is 1. The molecule has 132 valence electrons. The SMILES string of the molecule is CCc1cccc2c(C=NN=C(c3ccccc3)c3ccccc3)c[nH]c12. The topological polar surface area (TPSA) is 40.5 Å². The molecular weight excluding hydrogens is 330 g/mol. The third-order valence-corrected chi connectivity index (χ3v) is 4.66. The van der Waals surface area contributed by atoms with E-state index in [-0.39, 0.29) is 0 Å². The van der Waals surface area contributed by atoms with Gasteiger partial charge in [-0.15, -0.1) is 5.10 Å². The van der Waals surface area contributed by atoms with Crippen molar-refractivity contribution in [2.24, 2.45) is 10.2 Å². The maximum absolute atomic E-state index is 4.56. The van der Waals surface area contributed by atoms with Crippen molar-refractivity contribution >= 4 is 22.8 Å². The van der Waals surface area contributed by atoms with Crippen LogP contribution in [0.4, 0.5) is 0 Å². The lowest BCUT2D eigenvalue weighted by Gasteiger charge is -2.05. The molecule has 0 fully saturated rings. The molecule has 1 aromatic heterocycles. The summed E-state index contributed by atoms with van der Waals surface area (Å²) in [5.41, 5.74) is 6.49. The second-order valence-corrected chi connectivity index (χ2v) is 6.36. The van der Waals surface area contributed by atoms with Crippen LogP contribution in [0.25, 0.3) is 10.9 Å². The highest BCUT2D eigenvalue weighted by molar-refractivity contribution is 6.13. The molecule has 0 unspecified atom stereocenters. The van der Waals surface area contributed by atoms with E-state index in [4.69, 9.17) is 0 Å². The summed E-state index contributed by atoms with van der Waals surface area (Å²) in [7, 11) is 0. The number of aryl methyl sites for hydroxylation is 1. The van der Waals surface area contributed by atoms with Gasteiger partial charge in [0.1, 0.15) is 5.71 Å². The van der Waals surface area contributed by atoms with Gasteiger partial charge in [-0.1, -0.05) is 85.8 Å². The Hall–Kier alpha value is -3.46. The van der Waals surface area contributed by atoms with Crippen molar-refractivity contribution in [3.63, 3.8) is 0 Å². The van der Waals surface area contributed by atoms with Gasteiger partial charge in [-0.3, -0.25) is 0 Å². The molecule has 27 heavy (non-hydrogen) atoms. The molecule has 0 radical (unpaired) electrons. The molecule has 0 aliphatic carbocycles. The van der Waals surface area contributed by atoms with E-state index in [1.807, 2.05) is 48.8 Å². The Bertz CT molecular complexity index is 1050.